The summed E-state index contributed by atoms with van der Waals surface area (Å²) in [4.78, 5) is 17.5. The number of benzene rings is 2. The van der Waals surface area contributed by atoms with E-state index in [2.05, 4.69) is 15.2 Å². The van der Waals surface area contributed by atoms with Crippen LogP contribution in [0, 0.1) is 6.92 Å². The Balaban J connectivity index is 1.91. The first-order valence-electron chi connectivity index (χ1n) is 7.84. The summed E-state index contributed by atoms with van der Waals surface area (Å²) in [5.74, 6) is 0.504. The molecule has 6 heteroatoms. The number of hydrogen-bond acceptors (Lipinski definition) is 4. The van der Waals surface area contributed by atoms with Crippen LogP contribution in [-0.2, 0) is 0 Å². The summed E-state index contributed by atoms with van der Waals surface area (Å²) < 4.78 is 2.98. The van der Waals surface area contributed by atoms with Crippen LogP contribution in [0.3, 0.4) is 0 Å². The third-order valence-electron chi connectivity index (χ3n) is 3.92. The van der Waals surface area contributed by atoms with Crippen molar-refractivity contribution in [3.8, 4) is 0 Å². The second-order valence-corrected chi connectivity index (χ2v) is 5.69. The summed E-state index contributed by atoms with van der Waals surface area (Å²) in [5, 5.41) is 8.13. The Morgan fingerprint density at radius 3 is 2.40 bits per heavy atom. The average Bonchev–Trinajstić information content (AvgIpc) is 3.15. The molecule has 0 amide bonds. The van der Waals surface area contributed by atoms with Crippen LogP contribution in [0.1, 0.15) is 17.0 Å². The van der Waals surface area contributed by atoms with E-state index in [0.717, 1.165) is 5.56 Å². The van der Waals surface area contributed by atoms with E-state index in [9.17, 15) is 4.79 Å². The van der Waals surface area contributed by atoms with Crippen molar-refractivity contribution in [2.45, 2.75) is 6.92 Å². The normalized spacial score (nSPS) is 11.4. The van der Waals surface area contributed by atoms with Crippen LogP contribution in [0.4, 0.5) is 0 Å². The highest BCUT2D eigenvalue weighted by Crippen LogP contribution is 2.12. The number of nitrogens with zero attached hydrogens (tertiary/aromatic N) is 5. The molecule has 0 radical (unpaired) electrons. The summed E-state index contributed by atoms with van der Waals surface area (Å²) >= 11 is 0. The van der Waals surface area contributed by atoms with E-state index in [1.54, 1.807) is 6.07 Å². The molecule has 0 unspecified atom stereocenters. The Kier molecular flexibility index (Phi) is 3.70. The number of hydrogen-bond donors (Lipinski definition) is 0. The zero-order chi connectivity index (χ0) is 17.2. The lowest BCUT2D eigenvalue weighted by Gasteiger charge is -2.10. The topological polar surface area (TPSA) is 65.6 Å². The lowest BCUT2D eigenvalue weighted by Crippen LogP contribution is -2.28. The molecule has 4 rings (SSSR count). The molecule has 0 N–H and O–H groups in total. The first-order valence-corrected chi connectivity index (χ1v) is 7.84. The van der Waals surface area contributed by atoms with Crippen molar-refractivity contribution in [2.75, 3.05) is 0 Å². The molecule has 25 heavy (non-hydrogen) atoms. The van der Waals surface area contributed by atoms with Crippen LogP contribution >= 0.6 is 0 Å². The van der Waals surface area contributed by atoms with Gasteiger partial charge in [-0.3, -0.25) is 4.79 Å². The van der Waals surface area contributed by atoms with Gasteiger partial charge in [0.25, 0.3) is 5.56 Å². The first kappa shape index (κ1) is 15.0. The highest BCUT2D eigenvalue weighted by molar-refractivity contribution is 5.79. The van der Waals surface area contributed by atoms with Gasteiger partial charge < -0.3 is 0 Å². The summed E-state index contributed by atoms with van der Waals surface area (Å²) in [6.45, 7) is 2.04. The lowest BCUT2D eigenvalue weighted by molar-refractivity contribution is 0.613. The van der Waals surface area contributed by atoms with Gasteiger partial charge in [0.15, 0.2) is 5.82 Å². The van der Waals surface area contributed by atoms with Crippen molar-refractivity contribution < 1.29 is 0 Å². The van der Waals surface area contributed by atoms with Gasteiger partial charge in [0.1, 0.15) is 12.7 Å². The maximum atomic E-state index is 12.9. The van der Waals surface area contributed by atoms with Crippen LogP contribution in [-0.4, -0.2) is 24.5 Å². The van der Waals surface area contributed by atoms with E-state index in [-0.39, 0.29) is 5.56 Å². The van der Waals surface area contributed by atoms with E-state index < -0.39 is 0 Å². The molecular formula is C19H15N5O. The van der Waals surface area contributed by atoms with Crippen molar-refractivity contribution in [1.29, 1.82) is 0 Å². The zero-order valence-corrected chi connectivity index (χ0v) is 13.6. The average molecular weight is 329 g/mol. The van der Waals surface area contributed by atoms with Crippen LogP contribution < -0.4 is 5.56 Å². The molecule has 2 aromatic heterocycles. The molecular weight excluding hydrogens is 314 g/mol. The molecule has 0 aliphatic rings. The largest absolute Gasteiger partial charge is 0.281 e. The van der Waals surface area contributed by atoms with E-state index in [4.69, 9.17) is 0 Å². The van der Waals surface area contributed by atoms with Gasteiger partial charge in [0, 0.05) is 0 Å². The van der Waals surface area contributed by atoms with Crippen molar-refractivity contribution in [1.82, 2.24) is 24.5 Å². The summed E-state index contributed by atoms with van der Waals surface area (Å²) in [6.07, 6.45) is 6.69. The standard InChI is InChI=1S/C19H15N5O/c1-14-6-8-15(9-7-14)10-11-18-22-17-5-3-2-4-16(17)19(25)24(18)23-12-20-21-13-23/h2-13H,1H3/b11-10+. The molecule has 0 saturated heterocycles. The van der Waals surface area contributed by atoms with Gasteiger partial charge in [-0.15, -0.1) is 10.2 Å². The third kappa shape index (κ3) is 2.85. The fourth-order valence-corrected chi connectivity index (χ4v) is 2.62. The number of rotatable bonds is 3. The fourth-order valence-electron chi connectivity index (χ4n) is 2.62. The molecule has 2 aromatic carbocycles. The minimum absolute atomic E-state index is 0.172. The number of aryl methyl sites for hydroxylation is 1. The van der Waals surface area contributed by atoms with Gasteiger partial charge in [-0.05, 0) is 30.7 Å². The van der Waals surface area contributed by atoms with Gasteiger partial charge >= 0.3 is 0 Å². The number of fused-ring (bicyclic) bond motifs is 1. The Morgan fingerprint density at radius 2 is 1.64 bits per heavy atom. The van der Waals surface area contributed by atoms with E-state index in [0.29, 0.717) is 16.7 Å². The molecule has 0 saturated carbocycles. The molecule has 4 aromatic rings. The molecule has 0 bridgehead atoms. The smallest absolute Gasteiger partial charge is 0.267 e. The first-order chi connectivity index (χ1) is 12.2. The van der Waals surface area contributed by atoms with Crippen LogP contribution in [0.15, 0.2) is 66.0 Å². The highest BCUT2D eigenvalue weighted by Gasteiger charge is 2.10. The van der Waals surface area contributed by atoms with Crippen molar-refractivity contribution in [2.24, 2.45) is 0 Å². The predicted octanol–water partition coefficient (Wildman–Crippen LogP) is 2.78. The van der Waals surface area contributed by atoms with Gasteiger partial charge in [0.05, 0.1) is 10.9 Å². The molecule has 0 aliphatic heterocycles. The van der Waals surface area contributed by atoms with Crippen molar-refractivity contribution in [3.05, 3.63) is 88.5 Å². The van der Waals surface area contributed by atoms with Crippen molar-refractivity contribution >= 4 is 23.1 Å². The van der Waals surface area contributed by atoms with Crippen LogP contribution in [0.5, 0.6) is 0 Å². The number of aromatic nitrogens is 5. The molecule has 0 atom stereocenters. The predicted molar refractivity (Wildman–Crippen MR) is 96.9 cm³/mol. The monoisotopic (exact) mass is 329 g/mol. The van der Waals surface area contributed by atoms with E-state index in [1.807, 2.05) is 61.5 Å². The Morgan fingerprint density at radius 1 is 0.920 bits per heavy atom. The van der Waals surface area contributed by atoms with Gasteiger partial charge in [-0.2, -0.15) is 4.68 Å². The molecule has 0 aliphatic carbocycles. The third-order valence-corrected chi connectivity index (χ3v) is 3.92. The minimum Gasteiger partial charge on any atom is -0.267 e. The Labute approximate surface area is 143 Å². The van der Waals surface area contributed by atoms with Crippen LogP contribution in [0.2, 0.25) is 0 Å². The molecule has 122 valence electrons. The Bertz CT molecular complexity index is 1110. The minimum atomic E-state index is -0.172. The van der Waals surface area contributed by atoms with Gasteiger partial charge in [-0.1, -0.05) is 48.0 Å². The maximum Gasteiger partial charge on any atom is 0.281 e. The van der Waals surface area contributed by atoms with Gasteiger partial charge in [-0.25, -0.2) is 9.66 Å². The van der Waals surface area contributed by atoms with Gasteiger partial charge in [0.2, 0.25) is 0 Å². The number of para-hydroxylation sites is 1. The molecule has 2 heterocycles. The van der Waals surface area contributed by atoms with E-state index in [1.165, 1.54) is 27.6 Å². The lowest BCUT2D eigenvalue weighted by atomic mass is 10.1. The van der Waals surface area contributed by atoms with E-state index >= 15 is 0 Å². The molecule has 6 nitrogen and oxygen atoms in total. The Hall–Kier alpha value is -3.54. The van der Waals surface area contributed by atoms with Crippen LogP contribution in [0.25, 0.3) is 23.1 Å². The quantitative estimate of drug-likeness (QED) is 0.580. The highest BCUT2D eigenvalue weighted by atomic mass is 16.1. The van der Waals surface area contributed by atoms with Crippen molar-refractivity contribution in [3.63, 3.8) is 0 Å². The summed E-state index contributed by atoms with van der Waals surface area (Å²) in [7, 11) is 0. The zero-order valence-electron chi connectivity index (χ0n) is 13.6. The summed E-state index contributed by atoms with van der Waals surface area (Å²) in [5.41, 5.74) is 2.71. The molecule has 0 spiro atoms. The second-order valence-electron chi connectivity index (χ2n) is 5.69. The maximum absolute atomic E-state index is 12.9. The second kappa shape index (κ2) is 6.16. The SMILES string of the molecule is Cc1ccc(/C=C/c2nc3ccccc3c(=O)n2-n2cnnc2)cc1. The molecule has 0 fully saturated rings. The fraction of sp³-hybridized carbons (Fsp3) is 0.0526. The summed E-state index contributed by atoms with van der Waals surface area (Å²) in [6, 6.07) is 15.4.